The van der Waals surface area contributed by atoms with Gasteiger partial charge in [0, 0.05) is 11.7 Å². The maximum atomic E-state index is 10.4. The molecule has 0 spiro atoms. The summed E-state index contributed by atoms with van der Waals surface area (Å²) in [7, 11) is 0. The van der Waals surface area contributed by atoms with Crippen molar-refractivity contribution in [1.82, 2.24) is 5.32 Å². The number of urea groups is 1. The van der Waals surface area contributed by atoms with Gasteiger partial charge < -0.3 is 24.6 Å². The summed E-state index contributed by atoms with van der Waals surface area (Å²) >= 11 is 0. The molecular formula is C9H18N2O6. The second-order valence-electron chi connectivity index (χ2n) is 2.88. The number of hydrogen-bond donors (Lipinski definition) is 2. The predicted molar refractivity (Wildman–Crippen MR) is 58.7 cm³/mol. The van der Waals surface area contributed by atoms with E-state index < -0.39 is 6.03 Å². The number of amides is 2. The van der Waals surface area contributed by atoms with Crippen LogP contribution in [0.2, 0.25) is 0 Å². The maximum absolute atomic E-state index is 10.4. The van der Waals surface area contributed by atoms with Gasteiger partial charge in [-0.1, -0.05) is 0 Å². The van der Waals surface area contributed by atoms with Crippen LogP contribution in [-0.2, 0) is 14.2 Å². The molecule has 0 fully saturated rings. The first-order valence-electron chi connectivity index (χ1n) is 5.26. The second-order valence-corrected chi connectivity index (χ2v) is 2.88. The lowest BCUT2D eigenvalue weighted by atomic mass is 10.6. The van der Waals surface area contributed by atoms with Crippen molar-refractivity contribution in [3.63, 3.8) is 0 Å². The van der Waals surface area contributed by atoms with E-state index in [0.29, 0.717) is 39.6 Å². The highest BCUT2D eigenvalue weighted by molar-refractivity contribution is 5.74. The van der Waals surface area contributed by atoms with E-state index >= 15 is 0 Å². The van der Waals surface area contributed by atoms with E-state index in [1.807, 2.05) is 0 Å². The van der Waals surface area contributed by atoms with Gasteiger partial charge in [0.1, 0.15) is 0 Å². The van der Waals surface area contributed by atoms with Crippen molar-refractivity contribution in [2.75, 3.05) is 52.8 Å². The summed E-state index contributed by atoms with van der Waals surface area (Å²) in [5.41, 5.74) is 0. The molecule has 0 radical (unpaired) electrons. The molecule has 0 aliphatic rings. The van der Waals surface area contributed by atoms with Gasteiger partial charge in [-0.2, -0.15) is 0 Å². The van der Waals surface area contributed by atoms with Gasteiger partial charge in [0.05, 0.1) is 46.2 Å². The molecule has 0 aromatic carbocycles. The van der Waals surface area contributed by atoms with Crippen molar-refractivity contribution in [3.05, 3.63) is 4.91 Å². The fourth-order valence-electron chi connectivity index (χ4n) is 0.869. The highest BCUT2D eigenvalue weighted by Crippen LogP contribution is 1.81. The molecule has 2 amide bonds. The van der Waals surface area contributed by atoms with Crippen LogP contribution in [-0.4, -0.2) is 63.9 Å². The van der Waals surface area contributed by atoms with Gasteiger partial charge in [-0.3, -0.25) is 0 Å². The Morgan fingerprint density at radius 2 is 1.53 bits per heavy atom. The number of aliphatic hydroxyl groups excluding tert-OH is 1. The van der Waals surface area contributed by atoms with E-state index in [1.165, 1.54) is 0 Å². The highest BCUT2D eigenvalue weighted by Gasteiger charge is 1.96. The van der Waals surface area contributed by atoms with Crippen molar-refractivity contribution < 1.29 is 24.1 Å². The van der Waals surface area contributed by atoms with Crippen molar-refractivity contribution in [3.8, 4) is 0 Å². The Morgan fingerprint density at radius 1 is 1.00 bits per heavy atom. The van der Waals surface area contributed by atoms with Gasteiger partial charge in [-0.25, -0.2) is 4.79 Å². The third-order valence-electron chi connectivity index (χ3n) is 1.59. The Labute approximate surface area is 99.2 Å². The minimum absolute atomic E-state index is 0.00444. The van der Waals surface area contributed by atoms with Gasteiger partial charge in [-0.05, 0) is 0 Å². The molecule has 0 aromatic heterocycles. The lowest BCUT2D eigenvalue weighted by Gasteiger charge is -2.06. The molecule has 0 saturated heterocycles. The van der Waals surface area contributed by atoms with E-state index in [1.54, 1.807) is 0 Å². The maximum Gasteiger partial charge on any atom is 0.378 e. The molecule has 17 heavy (non-hydrogen) atoms. The number of rotatable bonds is 11. The number of nitroso groups, excluding NO2 is 1. The first-order valence-corrected chi connectivity index (χ1v) is 5.26. The van der Waals surface area contributed by atoms with Crippen LogP contribution in [0.1, 0.15) is 0 Å². The second kappa shape index (κ2) is 13.0. The SMILES string of the molecule is O=NC(=O)NCCOCCOCCOCCO. The zero-order valence-electron chi connectivity index (χ0n) is 9.59. The average Bonchev–Trinajstić information content (AvgIpc) is 2.35. The lowest BCUT2D eigenvalue weighted by molar-refractivity contribution is 0.00844. The zero-order valence-corrected chi connectivity index (χ0v) is 9.59. The quantitative estimate of drug-likeness (QED) is 0.378. The van der Waals surface area contributed by atoms with Gasteiger partial charge in [-0.15, -0.1) is 4.91 Å². The van der Waals surface area contributed by atoms with Gasteiger partial charge in [0.2, 0.25) is 0 Å². The first-order chi connectivity index (χ1) is 8.31. The summed E-state index contributed by atoms with van der Waals surface area (Å²) < 4.78 is 15.2. The van der Waals surface area contributed by atoms with Crippen molar-refractivity contribution >= 4 is 6.03 Å². The molecule has 0 heterocycles. The normalized spacial score (nSPS) is 10.2. The van der Waals surface area contributed by atoms with E-state index in [4.69, 9.17) is 19.3 Å². The van der Waals surface area contributed by atoms with E-state index in [0.717, 1.165) is 0 Å². The Balaban J connectivity index is 2.98. The third-order valence-corrected chi connectivity index (χ3v) is 1.59. The lowest BCUT2D eigenvalue weighted by Crippen LogP contribution is -2.24. The molecule has 0 atom stereocenters. The zero-order chi connectivity index (χ0) is 12.8. The summed E-state index contributed by atoms with van der Waals surface area (Å²) in [4.78, 5) is 20.0. The summed E-state index contributed by atoms with van der Waals surface area (Å²) in [6.07, 6.45) is 0. The van der Waals surface area contributed by atoms with Crippen molar-refractivity contribution in [1.29, 1.82) is 0 Å². The fourth-order valence-corrected chi connectivity index (χ4v) is 0.869. The summed E-state index contributed by atoms with van der Waals surface area (Å²) in [5.74, 6) is 0. The summed E-state index contributed by atoms with van der Waals surface area (Å²) in [6.45, 7) is 2.54. The molecule has 0 rings (SSSR count). The monoisotopic (exact) mass is 250 g/mol. The molecule has 0 aromatic rings. The molecule has 0 bridgehead atoms. The average molecular weight is 250 g/mol. The minimum atomic E-state index is -0.897. The van der Waals surface area contributed by atoms with Crippen molar-refractivity contribution in [2.45, 2.75) is 0 Å². The van der Waals surface area contributed by atoms with E-state index in [-0.39, 0.29) is 13.2 Å². The number of aliphatic hydroxyl groups is 1. The Kier molecular flexibility index (Phi) is 12.1. The summed E-state index contributed by atoms with van der Waals surface area (Å²) in [5, 5.41) is 12.8. The number of hydrogen-bond acceptors (Lipinski definition) is 6. The summed E-state index contributed by atoms with van der Waals surface area (Å²) in [6, 6.07) is -0.897. The number of nitrogens with one attached hydrogen (secondary N) is 1. The molecule has 8 heteroatoms. The Morgan fingerprint density at radius 3 is 2.06 bits per heavy atom. The van der Waals surface area contributed by atoms with Crippen LogP contribution in [0.25, 0.3) is 0 Å². The largest absolute Gasteiger partial charge is 0.394 e. The molecule has 2 N–H and O–H groups in total. The molecule has 8 nitrogen and oxygen atoms in total. The van der Waals surface area contributed by atoms with E-state index in [9.17, 15) is 9.70 Å². The topological polar surface area (TPSA) is 106 Å². The standard InChI is InChI=1S/C9H18N2O6/c12-2-4-16-6-8-17-7-5-15-3-1-10-9(13)11-14/h12H,1-8H2,(H,10,13). The van der Waals surface area contributed by atoms with Crippen LogP contribution >= 0.6 is 0 Å². The Hall–Kier alpha value is -1.09. The Bertz CT molecular complexity index is 202. The van der Waals surface area contributed by atoms with E-state index in [2.05, 4.69) is 10.5 Å². The molecule has 100 valence electrons. The van der Waals surface area contributed by atoms with Crippen LogP contribution in [0.5, 0.6) is 0 Å². The van der Waals surface area contributed by atoms with Crippen LogP contribution in [0.4, 0.5) is 4.79 Å². The van der Waals surface area contributed by atoms with Crippen LogP contribution in [0.15, 0.2) is 5.18 Å². The third kappa shape index (κ3) is 12.8. The van der Waals surface area contributed by atoms with Gasteiger partial charge in [0.25, 0.3) is 0 Å². The van der Waals surface area contributed by atoms with Crippen LogP contribution in [0.3, 0.4) is 0 Å². The number of ether oxygens (including phenoxy) is 3. The van der Waals surface area contributed by atoms with Crippen LogP contribution < -0.4 is 5.32 Å². The molecule has 0 unspecified atom stereocenters. The smallest absolute Gasteiger partial charge is 0.378 e. The number of carbonyl (C=O) groups is 1. The van der Waals surface area contributed by atoms with Crippen LogP contribution in [0, 0.1) is 4.91 Å². The first kappa shape index (κ1) is 15.9. The number of nitrogens with zero attached hydrogens (tertiary/aromatic N) is 1. The minimum Gasteiger partial charge on any atom is -0.394 e. The van der Waals surface area contributed by atoms with Crippen molar-refractivity contribution in [2.24, 2.45) is 5.18 Å². The predicted octanol–water partition coefficient (Wildman–Crippen LogP) is -0.495. The van der Waals surface area contributed by atoms with Gasteiger partial charge >= 0.3 is 6.03 Å². The molecular weight excluding hydrogens is 232 g/mol. The molecule has 0 saturated carbocycles. The molecule has 0 aliphatic carbocycles. The molecule has 0 aliphatic heterocycles. The highest BCUT2D eigenvalue weighted by atomic mass is 16.5. The number of carbonyl (C=O) groups excluding carboxylic acids is 1. The fraction of sp³-hybridized carbons (Fsp3) is 0.889. The van der Waals surface area contributed by atoms with Gasteiger partial charge in [0.15, 0.2) is 0 Å².